The van der Waals surface area contributed by atoms with Gasteiger partial charge in [0.05, 0.1) is 5.69 Å². The minimum absolute atomic E-state index is 0.274. The second-order valence-corrected chi connectivity index (χ2v) is 5.59. The largest absolute Gasteiger partial charge is 0.289 e. The van der Waals surface area contributed by atoms with Gasteiger partial charge in [0.1, 0.15) is 5.82 Å². The summed E-state index contributed by atoms with van der Waals surface area (Å²) in [5.74, 6) is -0.752. The number of amidine groups is 1. The average molecular weight is 348 g/mol. The highest BCUT2D eigenvalue weighted by Crippen LogP contribution is 2.27. The monoisotopic (exact) mass is 347 g/mol. The molecule has 23 heavy (non-hydrogen) atoms. The molecule has 0 bridgehead atoms. The lowest BCUT2D eigenvalue weighted by Gasteiger charge is -2.07. The molecule has 116 valence electrons. The molecule has 0 saturated heterocycles. The minimum Gasteiger partial charge on any atom is -0.289 e. The van der Waals surface area contributed by atoms with Gasteiger partial charge in [-0.2, -0.15) is 5.26 Å². The summed E-state index contributed by atoms with van der Waals surface area (Å²) in [5.41, 5.74) is 0.968. The number of aliphatic imine (C=N–C) groups is 1. The molecule has 0 amide bonds. The van der Waals surface area contributed by atoms with Gasteiger partial charge in [-0.1, -0.05) is 23.4 Å². The fourth-order valence-electron chi connectivity index (χ4n) is 1.83. The van der Waals surface area contributed by atoms with Gasteiger partial charge in [-0.05, 0) is 48.7 Å². The summed E-state index contributed by atoms with van der Waals surface area (Å²) in [7, 11) is 0. The van der Waals surface area contributed by atoms with Crippen molar-refractivity contribution in [1.29, 1.82) is 5.26 Å². The number of nitrogens with zero attached hydrogens (tertiary/aromatic N) is 2. The number of hydrogen-bond donors (Lipinski definition) is 1. The van der Waals surface area contributed by atoms with Crippen LogP contribution in [0.25, 0.3) is 0 Å². The summed E-state index contributed by atoms with van der Waals surface area (Å²) in [6, 6.07) is 9.91. The molecule has 0 atom stereocenters. The van der Waals surface area contributed by atoms with Crippen LogP contribution < -0.4 is 5.32 Å². The number of rotatable bonds is 3. The van der Waals surface area contributed by atoms with E-state index in [1.165, 1.54) is 42.1 Å². The fourth-order valence-corrected chi connectivity index (χ4v) is 2.34. The minimum atomic E-state index is -0.422. The van der Waals surface area contributed by atoms with Gasteiger partial charge < -0.3 is 0 Å². The number of carbonyl (C=O) groups is 1. The topological polar surface area (TPSA) is 65.2 Å². The number of halogens is 2. The van der Waals surface area contributed by atoms with Crippen LogP contribution >= 0.6 is 23.4 Å². The van der Waals surface area contributed by atoms with Gasteiger partial charge in [-0.25, -0.2) is 9.38 Å². The third-order valence-corrected chi connectivity index (χ3v) is 3.70. The molecule has 1 N–H and O–H groups in total. The Morgan fingerprint density at radius 1 is 1.30 bits per heavy atom. The summed E-state index contributed by atoms with van der Waals surface area (Å²) < 4.78 is 13.0. The number of nitriles is 1. The maximum absolute atomic E-state index is 13.0. The molecular formula is C16H11ClFN3OS. The van der Waals surface area contributed by atoms with Crippen molar-refractivity contribution < 1.29 is 9.18 Å². The van der Waals surface area contributed by atoms with Crippen LogP contribution in [0.15, 0.2) is 47.5 Å². The Labute approximate surface area is 142 Å². The summed E-state index contributed by atoms with van der Waals surface area (Å²) in [6.45, 7) is 0. The van der Waals surface area contributed by atoms with E-state index in [4.69, 9.17) is 16.9 Å². The molecule has 0 saturated carbocycles. The molecule has 4 nitrogen and oxygen atoms in total. The third-order valence-electron chi connectivity index (χ3n) is 2.89. The summed E-state index contributed by atoms with van der Waals surface area (Å²) in [6.07, 6.45) is 3.53. The highest BCUT2D eigenvalue weighted by molar-refractivity contribution is 8.13. The zero-order valence-electron chi connectivity index (χ0n) is 12.0. The molecule has 0 aromatic heterocycles. The average Bonchev–Trinajstić information content (AvgIpc) is 2.56. The molecule has 0 aliphatic carbocycles. The fraction of sp³-hybridized carbons (Fsp3) is 0.0625. The first kappa shape index (κ1) is 17.0. The molecule has 0 heterocycles. The number of benzene rings is 2. The molecule has 0 radical (unpaired) electrons. The van der Waals surface area contributed by atoms with E-state index in [-0.39, 0.29) is 11.3 Å². The predicted octanol–water partition coefficient (Wildman–Crippen LogP) is 4.13. The quantitative estimate of drug-likeness (QED) is 0.298. The van der Waals surface area contributed by atoms with Crippen LogP contribution in [-0.2, 0) is 0 Å². The third kappa shape index (κ3) is 4.31. The van der Waals surface area contributed by atoms with Crippen LogP contribution in [0.1, 0.15) is 15.9 Å². The van der Waals surface area contributed by atoms with Crippen LogP contribution in [0.4, 0.5) is 10.1 Å². The first-order chi connectivity index (χ1) is 11.0. The Morgan fingerprint density at radius 3 is 2.61 bits per heavy atom. The van der Waals surface area contributed by atoms with Crippen LogP contribution in [-0.4, -0.2) is 17.2 Å². The first-order valence-corrected chi connectivity index (χ1v) is 8.03. The van der Waals surface area contributed by atoms with E-state index in [1.54, 1.807) is 24.6 Å². The van der Waals surface area contributed by atoms with Crippen molar-refractivity contribution in [1.82, 2.24) is 5.32 Å². The SMILES string of the molecule is CSC(=Nc1ccc(Cl)cc1C(=O)c1ccc(F)cc1)NC#N. The van der Waals surface area contributed by atoms with Crippen LogP contribution in [0.5, 0.6) is 0 Å². The van der Waals surface area contributed by atoms with Gasteiger partial charge in [0.2, 0.25) is 0 Å². The summed E-state index contributed by atoms with van der Waals surface area (Å²) in [4.78, 5) is 16.9. The van der Waals surface area contributed by atoms with Crippen molar-refractivity contribution in [3.05, 3.63) is 64.4 Å². The molecule has 2 aromatic carbocycles. The summed E-state index contributed by atoms with van der Waals surface area (Å²) in [5, 5.41) is 11.9. The number of carbonyl (C=O) groups excluding carboxylic acids is 1. The molecule has 2 rings (SSSR count). The Morgan fingerprint density at radius 2 is 2.00 bits per heavy atom. The van der Waals surface area contributed by atoms with Gasteiger partial charge in [-0.15, -0.1) is 0 Å². The van der Waals surface area contributed by atoms with E-state index < -0.39 is 5.82 Å². The number of ketones is 1. The molecule has 0 fully saturated rings. The lowest BCUT2D eigenvalue weighted by Crippen LogP contribution is -2.13. The van der Waals surface area contributed by atoms with Gasteiger partial charge >= 0.3 is 0 Å². The van der Waals surface area contributed by atoms with E-state index in [1.807, 2.05) is 0 Å². The molecule has 0 aliphatic rings. The smallest absolute Gasteiger partial charge is 0.195 e. The second kappa shape index (κ2) is 7.77. The van der Waals surface area contributed by atoms with Gasteiger partial charge in [0.25, 0.3) is 0 Å². The maximum Gasteiger partial charge on any atom is 0.195 e. The van der Waals surface area contributed by atoms with Crippen LogP contribution in [0.2, 0.25) is 5.02 Å². The highest BCUT2D eigenvalue weighted by atomic mass is 35.5. The van der Waals surface area contributed by atoms with E-state index >= 15 is 0 Å². The zero-order chi connectivity index (χ0) is 16.8. The Bertz CT molecular complexity index is 800. The highest BCUT2D eigenvalue weighted by Gasteiger charge is 2.15. The van der Waals surface area contributed by atoms with E-state index in [2.05, 4.69) is 10.3 Å². The molecular weight excluding hydrogens is 337 g/mol. The van der Waals surface area contributed by atoms with Crippen LogP contribution in [0, 0.1) is 17.3 Å². The number of nitrogens with one attached hydrogen (secondary N) is 1. The van der Waals surface area contributed by atoms with Crippen molar-refractivity contribution in [2.45, 2.75) is 0 Å². The van der Waals surface area contributed by atoms with Gasteiger partial charge in [-0.3, -0.25) is 10.1 Å². The number of hydrogen-bond acceptors (Lipinski definition) is 4. The van der Waals surface area contributed by atoms with Crippen molar-refractivity contribution in [2.75, 3.05) is 6.26 Å². The molecule has 0 aliphatic heterocycles. The standard InChI is InChI=1S/C16H11ClFN3OS/c1-23-16(20-9-19)21-14-7-4-11(17)8-13(14)15(22)10-2-5-12(18)6-3-10/h2-8H,1H3,(H,20,21). The van der Waals surface area contributed by atoms with E-state index in [0.717, 1.165) is 0 Å². The van der Waals surface area contributed by atoms with Gasteiger partial charge in [0.15, 0.2) is 17.1 Å². The lowest BCUT2D eigenvalue weighted by atomic mass is 10.0. The Balaban J connectivity index is 2.49. The zero-order valence-corrected chi connectivity index (χ0v) is 13.6. The van der Waals surface area contributed by atoms with Crippen molar-refractivity contribution >= 4 is 40.0 Å². The molecule has 7 heteroatoms. The van der Waals surface area contributed by atoms with Crippen molar-refractivity contribution in [3.8, 4) is 6.19 Å². The molecule has 0 spiro atoms. The second-order valence-electron chi connectivity index (χ2n) is 4.36. The molecule has 0 unspecified atom stereocenters. The Hall–Kier alpha value is -2.36. The Kier molecular flexibility index (Phi) is 5.74. The molecule has 2 aromatic rings. The maximum atomic E-state index is 13.0. The summed E-state index contributed by atoms with van der Waals surface area (Å²) >= 11 is 7.21. The van der Waals surface area contributed by atoms with Gasteiger partial charge in [0, 0.05) is 16.1 Å². The van der Waals surface area contributed by atoms with Crippen LogP contribution in [0.3, 0.4) is 0 Å². The van der Waals surface area contributed by atoms with E-state index in [9.17, 15) is 9.18 Å². The lowest BCUT2D eigenvalue weighted by molar-refractivity contribution is 0.103. The normalized spacial score (nSPS) is 11.0. The first-order valence-electron chi connectivity index (χ1n) is 6.42. The van der Waals surface area contributed by atoms with Crippen molar-refractivity contribution in [3.63, 3.8) is 0 Å². The number of thioether (sulfide) groups is 1. The van der Waals surface area contributed by atoms with E-state index in [0.29, 0.717) is 21.4 Å². The van der Waals surface area contributed by atoms with Crippen molar-refractivity contribution in [2.24, 2.45) is 4.99 Å². The predicted molar refractivity (Wildman–Crippen MR) is 90.6 cm³/mol.